The first-order valence-electron chi connectivity index (χ1n) is 10.8. The van der Waals surface area contributed by atoms with Gasteiger partial charge in [-0.1, -0.05) is 48.0 Å². The SMILES string of the molecule is COc1cccc(Cl)c1C(=O)Nc1ccc(N2C(=O)CC(=O)Nc3c2ccc2ccccc32)cc1. The molecule has 8 heteroatoms. The Morgan fingerprint density at radius 3 is 2.51 bits per heavy atom. The Bertz CT molecular complexity index is 1480. The summed E-state index contributed by atoms with van der Waals surface area (Å²) in [6.45, 7) is 0. The molecule has 0 spiro atoms. The number of hydrogen-bond acceptors (Lipinski definition) is 4. The summed E-state index contributed by atoms with van der Waals surface area (Å²) in [6, 6.07) is 23.2. The van der Waals surface area contributed by atoms with Crippen molar-refractivity contribution < 1.29 is 19.1 Å². The van der Waals surface area contributed by atoms with E-state index >= 15 is 0 Å². The second-order valence-electron chi connectivity index (χ2n) is 7.95. The molecule has 1 heterocycles. The van der Waals surface area contributed by atoms with E-state index in [4.69, 9.17) is 16.3 Å². The number of carbonyl (C=O) groups is 3. The van der Waals surface area contributed by atoms with E-state index in [-0.39, 0.29) is 28.8 Å². The molecule has 3 amide bonds. The van der Waals surface area contributed by atoms with E-state index in [1.54, 1.807) is 42.5 Å². The number of fused-ring (bicyclic) bond motifs is 3. The third-order valence-electron chi connectivity index (χ3n) is 5.78. The number of halogens is 1. The molecule has 0 unspecified atom stereocenters. The predicted octanol–water partition coefficient (Wildman–Crippen LogP) is 5.76. The Labute approximate surface area is 206 Å². The van der Waals surface area contributed by atoms with Gasteiger partial charge in [-0.25, -0.2) is 0 Å². The van der Waals surface area contributed by atoms with Crippen LogP contribution in [0, 0.1) is 0 Å². The van der Waals surface area contributed by atoms with Crippen LogP contribution in [0.25, 0.3) is 10.8 Å². The number of methoxy groups -OCH3 is 1. The lowest BCUT2D eigenvalue weighted by atomic mass is 10.1. The monoisotopic (exact) mass is 485 g/mol. The molecule has 0 aliphatic carbocycles. The first-order valence-corrected chi connectivity index (χ1v) is 11.2. The van der Waals surface area contributed by atoms with Gasteiger partial charge in [0.05, 0.1) is 23.5 Å². The number of nitrogens with one attached hydrogen (secondary N) is 2. The average molecular weight is 486 g/mol. The molecule has 4 aromatic carbocycles. The number of ether oxygens (including phenoxy) is 1. The number of amides is 3. The number of nitrogens with zero attached hydrogens (tertiary/aromatic N) is 1. The summed E-state index contributed by atoms with van der Waals surface area (Å²) in [5, 5.41) is 7.76. The molecule has 0 radical (unpaired) electrons. The van der Waals surface area contributed by atoms with Gasteiger partial charge in [0.15, 0.2) is 0 Å². The van der Waals surface area contributed by atoms with Gasteiger partial charge in [-0.3, -0.25) is 19.3 Å². The van der Waals surface area contributed by atoms with Crippen LogP contribution in [0.5, 0.6) is 5.75 Å². The standard InChI is InChI=1S/C27H20ClN3O4/c1-35-22-8-4-7-20(28)25(22)27(34)29-17-10-12-18(13-11-17)31-21-14-9-16-5-2-3-6-19(16)26(21)30-23(32)15-24(31)33/h2-14H,15H2,1H3,(H,29,34)(H,30,32). The van der Waals surface area contributed by atoms with Crippen LogP contribution < -0.4 is 20.3 Å². The van der Waals surface area contributed by atoms with Gasteiger partial charge in [0.25, 0.3) is 5.91 Å². The zero-order valence-corrected chi connectivity index (χ0v) is 19.4. The summed E-state index contributed by atoms with van der Waals surface area (Å²) in [5.41, 5.74) is 2.47. The van der Waals surface area contributed by atoms with Gasteiger partial charge in [-0.15, -0.1) is 0 Å². The van der Waals surface area contributed by atoms with E-state index in [9.17, 15) is 14.4 Å². The average Bonchev–Trinajstić information content (AvgIpc) is 2.98. The molecule has 1 aliphatic heterocycles. The highest BCUT2D eigenvalue weighted by Crippen LogP contribution is 2.40. The van der Waals surface area contributed by atoms with E-state index in [1.165, 1.54) is 12.0 Å². The lowest BCUT2D eigenvalue weighted by Crippen LogP contribution is -2.26. The zero-order valence-electron chi connectivity index (χ0n) is 18.7. The lowest BCUT2D eigenvalue weighted by molar-refractivity contribution is -0.124. The minimum atomic E-state index is -0.419. The molecule has 0 bridgehead atoms. The summed E-state index contributed by atoms with van der Waals surface area (Å²) in [4.78, 5) is 39.8. The largest absolute Gasteiger partial charge is 0.496 e. The molecule has 35 heavy (non-hydrogen) atoms. The molecule has 5 rings (SSSR count). The summed E-state index contributed by atoms with van der Waals surface area (Å²) in [6.07, 6.45) is -0.284. The molecular formula is C27H20ClN3O4. The van der Waals surface area contributed by atoms with Crippen LogP contribution in [0.1, 0.15) is 16.8 Å². The van der Waals surface area contributed by atoms with Crippen molar-refractivity contribution >= 4 is 62.8 Å². The van der Waals surface area contributed by atoms with Gasteiger partial charge in [0.2, 0.25) is 11.8 Å². The summed E-state index contributed by atoms with van der Waals surface area (Å²) >= 11 is 6.21. The number of benzene rings is 4. The Hall–Kier alpha value is -4.36. The first-order chi connectivity index (χ1) is 17.0. The molecule has 2 N–H and O–H groups in total. The molecule has 174 valence electrons. The van der Waals surface area contributed by atoms with E-state index in [2.05, 4.69) is 10.6 Å². The summed E-state index contributed by atoms with van der Waals surface area (Å²) < 4.78 is 5.26. The zero-order chi connectivity index (χ0) is 24.5. The number of carbonyl (C=O) groups excluding carboxylic acids is 3. The Balaban J connectivity index is 1.49. The van der Waals surface area contributed by atoms with Crippen LogP contribution in [0.4, 0.5) is 22.7 Å². The normalized spacial score (nSPS) is 13.1. The minimum absolute atomic E-state index is 0.230. The van der Waals surface area contributed by atoms with E-state index in [1.807, 2.05) is 36.4 Å². The van der Waals surface area contributed by atoms with E-state index < -0.39 is 5.91 Å². The van der Waals surface area contributed by atoms with E-state index in [0.29, 0.717) is 28.5 Å². The second-order valence-corrected chi connectivity index (χ2v) is 8.36. The molecule has 1 aliphatic rings. The van der Waals surface area contributed by atoms with Crippen molar-refractivity contribution in [2.45, 2.75) is 6.42 Å². The van der Waals surface area contributed by atoms with Gasteiger partial charge in [-0.2, -0.15) is 0 Å². The van der Waals surface area contributed by atoms with Crippen LogP contribution in [-0.2, 0) is 9.59 Å². The maximum absolute atomic E-state index is 13.0. The highest BCUT2D eigenvalue weighted by molar-refractivity contribution is 6.35. The van der Waals surface area contributed by atoms with Crippen molar-refractivity contribution in [1.29, 1.82) is 0 Å². The molecule has 0 aromatic heterocycles. The Morgan fingerprint density at radius 2 is 1.74 bits per heavy atom. The quantitative estimate of drug-likeness (QED) is 0.360. The van der Waals surface area contributed by atoms with Crippen molar-refractivity contribution in [1.82, 2.24) is 0 Å². The highest BCUT2D eigenvalue weighted by atomic mass is 35.5. The molecule has 0 atom stereocenters. The van der Waals surface area contributed by atoms with Crippen molar-refractivity contribution in [3.05, 3.63) is 89.4 Å². The molecular weight excluding hydrogens is 466 g/mol. The molecule has 0 saturated heterocycles. The topological polar surface area (TPSA) is 87.7 Å². The number of hydrogen-bond donors (Lipinski definition) is 2. The lowest BCUT2D eigenvalue weighted by Gasteiger charge is -2.23. The van der Waals surface area contributed by atoms with Gasteiger partial charge in [0, 0.05) is 16.8 Å². The third kappa shape index (κ3) is 4.18. The van der Waals surface area contributed by atoms with Crippen molar-refractivity contribution in [2.24, 2.45) is 0 Å². The molecule has 0 fully saturated rings. The fraction of sp³-hybridized carbons (Fsp3) is 0.0741. The maximum Gasteiger partial charge on any atom is 0.260 e. The summed E-state index contributed by atoms with van der Waals surface area (Å²) in [5.74, 6) is -0.776. The van der Waals surface area contributed by atoms with Crippen molar-refractivity contribution in [3.63, 3.8) is 0 Å². The maximum atomic E-state index is 13.0. The van der Waals surface area contributed by atoms with Crippen LogP contribution >= 0.6 is 11.6 Å². The van der Waals surface area contributed by atoms with Crippen LogP contribution in [0.15, 0.2) is 78.9 Å². The van der Waals surface area contributed by atoms with Crippen LogP contribution in [0.2, 0.25) is 5.02 Å². The van der Waals surface area contributed by atoms with Gasteiger partial charge < -0.3 is 15.4 Å². The fourth-order valence-corrected chi connectivity index (χ4v) is 4.43. The highest BCUT2D eigenvalue weighted by Gasteiger charge is 2.28. The molecule has 0 saturated carbocycles. The fourth-order valence-electron chi connectivity index (χ4n) is 4.18. The van der Waals surface area contributed by atoms with Crippen LogP contribution in [-0.4, -0.2) is 24.8 Å². The van der Waals surface area contributed by atoms with Crippen molar-refractivity contribution in [3.8, 4) is 5.75 Å². The van der Waals surface area contributed by atoms with Crippen LogP contribution in [0.3, 0.4) is 0 Å². The smallest absolute Gasteiger partial charge is 0.260 e. The molecule has 4 aromatic rings. The Kier molecular flexibility index (Phi) is 5.84. The van der Waals surface area contributed by atoms with Gasteiger partial charge in [0.1, 0.15) is 17.7 Å². The predicted molar refractivity (Wildman–Crippen MR) is 137 cm³/mol. The second kappa shape index (κ2) is 9.12. The van der Waals surface area contributed by atoms with Gasteiger partial charge in [-0.05, 0) is 47.9 Å². The summed E-state index contributed by atoms with van der Waals surface area (Å²) in [7, 11) is 1.47. The Morgan fingerprint density at radius 1 is 0.971 bits per heavy atom. The van der Waals surface area contributed by atoms with Gasteiger partial charge >= 0.3 is 0 Å². The number of anilines is 4. The minimum Gasteiger partial charge on any atom is -0.496 e. The third-order valence-corrected chi connectivity index (χ3v) is 6.09. The molecule has 7 nitrogen and oxygen atoms in total. The first kappa shape index (κ1) is 22.4. The van der Waals surface area contributed by atoms with Crippen molar-refractivity contribution in [2.75, 3.05) is 22.6 Å². The van der Waals surface area contributed by atoms with E-state index in [0.717, 1.165) is 10.8 Å². The number of rotatable bonds is 4.